The third-order valence-electron chi connectivity index (χ3n) is 2.16. The lowest BCUT2D eigenvalue weighted by atomic mass is 10.3. The summed E-state index contributed by atoms with van der Waals surface area (Å²) in [4.78, 5) is 0. The van der Waals surface area contributed by atoms with Crippen LogP contribution in [0.25, 0.3) is 0 Å². The summed E-state index contributed by atoms with van der Waals surface area (Å²) in [6.07, 6.45) is -2.68. The quantitative estimate of drug-likeness (QED) is 0.634. The van der Waals surface area contributed by atoms with Crippen molar-refractivity contribution in [3.8, 4) is 11.5 Å². The first-order chi connectivity index (χ1) is 7.98. The Morgan fingerprint density at radius 3 is 2.53 bits per heavy atom. The van der Waals surface area contributed by atoms with Gasteiger partial charge in [-0.15, -0.1) is 13.2 Å². The van der Waals surface area contributed by atoms with Gasteiger partial charge in [-0.2, -0.15) is 0 Å². The number of ether oxygens (including phenoxy) is 2. The Hall–Kier alpha value is -1.63. The predicted octanol–water partition coefficient (Wildman–Crippen LogP) is 2.41. The van der Waals surface area contributed by atoms with Crippen LogP contribution < -0.4 is 20.7 Å². The standard InChI is InChI=1S/C10H11F3N2O2/c11-10(12,13)17-7-3-4-9(8(5-7)15-14)16-6-1-2-6/h3-6,15H,1-2,14H2. The molecule has 0 amide bonds. The number of hydrogen-bond acceptors (Lipinski definition) is 4. The van der Waals surface area contributed by atoms with E-state index in [0.717, 1.165) is 18.9 Å². The highest BCUT2D eigenvalue weighted by atomic mass is 19.4. The normalized spacial score (nSPS) is 15.5. The van der Waals surface area contributed by atoms with Gasteiger partial charge in [-0.3, -0.25) is 5.84 Å². The van der Waals surface area contributed by atoms with Crippen molar-refractivity contribution in [3.05, 3.63) is 18.2 Å². The average molecular weight is 248 g/mol. The molecule has 1 aromatic rings. The minimum atomic E-state index is -4.72. The van der Waals surface area contributed by atoms with Gasteiger partial charge in [-0.05, 0) is 25.0 Å². The van der Waals surface area contributed by atoms with Crippen LogP contribution in [0.2, 0.25) is 0 Å². The van der Waals surface area contributed by atoms with Gasteiger partial charge in [-0.25, -0.2) is 0 Å². The van der Waals surface area contributed by atoms with E-state index in [1.807, 2.05) is 0 Å². The minimum absolute atomic E-state index is 0.136. The molecule has 0 saturated heterocycles. The molecule has 7 heteroatoms. The summed E-state index contributed by atoms with van der Waals surface area (Å²) in [6, 6.07) is 3.73. The van der Waals surface area contributed by atoms with E-state index in [2.05, 4.69) is 10.2 Å². The average Bonchev–Trinajstić information content (AvgIpc) is 3.02. The van der Waals surface area contributed by atoms with E-state index >= 15 is 0 Å². The zero-order valence-electron chi connectivity index (χ0n) is 8.75. The maximum Gasteiger partial charge on any atom is 0.573 e. The maximum atomic E-state index is 12.0. The molecule has 0 bridgehead atoms. The van der Waals surface area contributed by atoms with Gasteiger partial charge in [0.2, 0.25) is 0 Å². The van der Waals surface area contributed by atoms with Gasteiger partial charge in [0.1, 0.15) is 11.5 Å². The fourth-order valence-corrected chi connectivity index (χ4v) is 1.29. The van der Waals surface area contributed by atoms with Crippen LogP contribution in [0.4, 0.5) is 18.9 Å². The number of nitrogens with one attached hydrogen (secondary N) is 1. The van der Waals surface area contributed by atoms with Crippen molar-refractivity contribution >= 4 is 5.69 Å². The first kappa shape index (κ1) is 11.8. The Morgan fingerprint density at radius 1 is 1.29 bits per heavy atom. The molecule has 2 rings (SSSR count). The molecule has 1 saturated carbocycles. The zero-order valence-corrected chi connectivity index (χ0v) is 8.75. The molecule has 0 atom stereocenters. The summed E-state index contributed by atoms with van der Waals surface area (Å²) in [7, 11) is 0. The zero-order chi connectivity index (χ0) is 12.5. The lowest BCUT2D eigenvalue weighted by molar-refractivity contribution is -0.274. The molecule has 17 heavy (non-hydrogen) atoms. The monoisotopic (exact) mass is 248 g/mol. The van der Waals surface area contributed by atoms with Crippen molar-refractivity contribution in [1.29, 1.82) is 0 Å². The SMILES string of the molecule is NNc1cc(OC(F)(F)F)ccc1OC1CC1. The number of alkyl halides is 3. The van der Waals surface area contributed by atoms with E-state index in [1.165, 1.54) is 12.1 Å². The van der Waals surface area contributed by atoms with Crippen molar-refractivity contribution in [2.75, 3.05) is 5.43 Å². The van der Waals surface area contributed by atoms with Gasteiger partial charge in [0.25, 0.3) is 0 Å². The van der Waals surface area contributed by atoms with Crippen molar-refractivity contribution < 1.29 is 22.6 Å². The molecule has 1 aromatic carbocycles. The molecule has 0 spiro atoms. The fraction of sp³-hybridized carbons (Fsp3) is 0.400. The van der Waals surface area contributed by atoms with E-state index in [-0.39, 0.29) is 17.5 Å². The van der Waals surface area contributed by atoms with Crippen LogP contribution in [0, 0.1) is 0 Å². The first-order valence-corrected chi connectivity index (χ1v) is 5.01. The first-order valence-electron chi connectivity index (χ1n) is 5.01. The highest BCUT2D eigenvalue weighted by Crippen LogP contribution is 2.35. The molecule has 1 fully saturated rings. The molecule has 1 aliphatic rings. The Kier molecular flexibility index (Phi) is 3.01. The number of rotatable bonds is 4. The second-order valence-electron chi connectivity index (χ2n) is 3.67. The van der Waals surface area contributed by atoms with Crippen LogP contribution >= 0.6 is 0 Å². The molecular weight excluding hydrogens is 237 g/mol. The van der Waals surface area contributed by atoms with Gasteiger partial charge < -0.3 is 14.9 Å². The van der Waals surface area contributed by atoms with Gasteiger partial charge in [0.05, 0.1) is 11.8 Å². The molecule has 0 unspecified atom stereocenters. The molecule has 0 radical (unpaired) electrons. The number of benzene rings is 1. The van der Waals surface area contributed by atoms with Crippen molar-refractivity contribution in [3.63, 3.8) is 0 Å². The summed E-state index contributed by atoms with van der Waals surface area (Å²) in [5.74, 6) is 5.29. The summed E-state index contributed by atoms with van der Waals surface area (Å²) in [6.45, 7) is 0. The molecule has 3 N–H and O–H groups in total. The van der Waals surface area contributed by atoms with Crippen molar-refractivity contribution in [2.24, 2.45) is 5.84 Å². The minimum Gasteiger partial charge on any atom is -0.488 e. The van der Waals surface area contributed by atoms with E-state index in [9.17, 15) is 13.2 Å². The molecule has 1 aliphatic carbocycles. The summed E-state index contributed by atoms with van der Waals surface area (Å²) in [5, 5.41) is 0. The summed E-state index contributed by atoms with van der Waals surface area (Å²) in [5.41, 5.74) is 2.55. The highest BCUT2D eigenvalue weighted by molar-refractivity contribution is 5.59. The summed E-state index contributed by atoms with van der Waals surface area (Å²) < 4.78 is 45.2. The summed E-state index contributed by atoms with van der Waals surface area (Å²) >= 11 is 0. The van der Waals surface area contributed by atoms with E-state index in [1.54, 1.807) is 0 Å². The van der Waals surface area contributed by atoms with Crippen LogP contribution in [0.1, 0.15) is 12.8 Å². The third kappa shape index (κ3) is 3.42. The number of nitrogens with two attached hydrogens (primary N) is 1. The Morgan fingerprint density at radius 2 is 2.00 bits per heavy atom. The van der Waals surface area contributed by atoms with Crippen LogP contribution in [0.15, 0.2) is 18.2 Å². The van der Waals surface area contributed by atoms with E-state index < -0.39 is 6.36 Å². The fourth-order valence-electron chi connectivity index (χ4n) is 1.29. The van der Waals surface area contributed by atoms with E-state index in [4.69, 9.17) is 10.6 Å². The van der Waals surface area contributed by atoms with Crippen LogP contribution in [-0.4, -0.2) is 12.5 Å². The number of anilines is 1. The lowest BCUT2D eigenvalue weighted by Crippen LogP contribution is -2.17. The largest absolute Gasteiger partial charge is 0.573 e. The van der Waals surface area contributed by atoms with Gasteiger partial charge in [0, 0.05) is 6.07 Å². The van der Waals surface area contributed by atoms with Gasteiger partial charge in [0.15, 0.2) is 0 Å². The second kappa shape index (κ2) is 4.33. The number of hydrazine groups is 1. The van der Waals surface area contributed by atoms with E-state index in [0.29, 0.717) is 5.75 Å². The van der Waals surface area contributed by atoms with Crippen molar-refractivity contribution in [1.82, 2.24) is 0 Å². The van der Waals surface area contributed by atoms with Crippen LogP contribution in [0.3, 0.4) is 0 Å². The van der Waals surface area contributed by atoms with Crippen LogP contribution in [-0.2, 0) is 0 Å². The topological polar surface area (TPSA) is 56.5 Å². The highest BCUT2D eigenvalue weighted by Gasteiger charge is 2.31. The molecule has 94 valence electrons. The smallest absolute Gasteiger partial charge is 0.488 e. The van der Waals surface area contributed by atoms with Gasteiger partial charge >= 0.3 is 6.36 Å². The number of halogens is 3. The Bertz CT molecular complexity index is 405. The third-order valence-corrected chi connectivity index (χ3v) is 2.16. The molecule has 0 aliphatic heterocycles. The lowest BCUT2D eigenvalue weighted by Gasteiger charge is -2.13. The van der Waals surface area contributed by atoms with Crippen molar-refractivity contribution in [2.45, 2.75) is 25.3 Å². The molecular formula is C10H11F3N2O2. The predicted molar refractivity (Wildman–Crippen MR) is 54.6 cm³/mol. The molecule has 0 heterocycles. The second-order valence-corrected chi connectivity index (χ2v) is 3.67. The Labute approximate surface area is 95.5 Å². The number of nitrogen functional groups attached to an aromatic ring is 1. The molecule has 4 nitrogen and oxygen atoms in total. The van der Waals surface area contributed by atoms with Gasteiger partial charge in [-0.1, -0.05) is 0 Å². The van der Waals surface area contributed by atoms with Crippen LogP contribution in [0.5, 0.6) is 11.5 Å². The number of hydrogen-bond donors (Lipinski definition) is 2. The Balaban J connectivity index is 2.14. The maximum absolute atomic E-state index is 12.0. The molecule has 0 aromatic heterocycles.